The van der Waals surface area contributed by atoms with Crippen LogP contribution in [-0.2, 0) is 22.6 Å². The zero-order valence-electron chi connectivity index (χ0n) is 31.5. The minimum Gasteiger partial charge on any atom is -0.494 e. The molecule has 0 aliphatic carbocycles. The number of ether oxygens (including phenoxy) is 4. The molecule has 9 nitrogen and oxygen atoms in total. The van der Waals surface area contributed by atoms with Gasteiger partial charge in [0.1, 0.15) is 29.1 Å². The maximum atomic E-state index is 6.24. The number of pyridine rings is 2. The van der Waals surface area contributed by atoms with E-state index in [0.717, 1.165) is 105 Å². The van der Waals surface area contributed by atoms with Gasteiger partial charge in [-0.25, -0.2) is 0 Å². The van der Waals surface area contributed by atoms with Gasteiger partial charge in [-0.05, 0) is 72.6 Å². The van der Waals surface area contributed by atoms with Crippen molar-refractivity contribution in [3.05, 3.63) is 95.0 Å². The van der Waals surface area contributed by atoms with E-state index < -0.39 is 0 Å². The summed E-state index contributed by atoms with van der Waals surface area (Å²) >= 11 is 0. The Kier molecular flexibility index (Phi) is 15.5. The highest BCUT2D eigenvalue weighted by Crippen LogP contribution is 2.33. The van der Waals surface area contributed by atoms with Crippen LogP contribution in [0.3, 0.4) is 0 Å². The van der Waals surface area contributed by atoms with Gasteiger partial charge >= 0.3 is 0 Å². The number of likely N-dealkylation sites (N-methyl/N-ethyl adjacent to an activating group) is 2. The molecular formula is C41H57N5O4. The molecule has 0 unspecified atom stereocenters. The first-order valence-corrected chi connectivity index (χ1v) is 17.9. The van der Waals surface area contributed by atoms with Crippen LogP contribution < -0.4 is 9.47 Å². The fraction of sp³-hybridized carbons (Fsp3) is 0.463. The summed E-state index contributed by atoms with van der Waals surface area (Å²) in [5.74, 6) is 1.76. The van der Waals surface area contributed by atoms with E-state index in [-0.39, 0.29) is 0 Å². The topological polar surface area (TPSA) is 72.4 Å². The van der Waals surface area contributed by atoms with Crippen LogP contribution in [0.4, 0.5) is 0 Å². The molecule has 0 amide bonds. The number of aromatic nitrogens is 2. The Bertz CT molecular complexity index is 1720. The monoisotopic (exact) mass is 683 g/mol. The minimum absolute atomic E-state index is 0.569. The van der Waals surface area contributed by atoms with Gasteiger partial charge in [-0.3, -0.25) is 19.8 Å². The van der Waals surface area contributed by atoms with E-state index in [1.54, 1.807) is 14.2 Å². The third-order valence-corrected chi connectivity index (χ3v) is 8.96. The molecule has 1 fully saturated rings. The molecule has 2 aromatic heterocycles. The van der Waals surface area contributed by atoms with Gasteiger partial charge in [0, 0.05) is 76.6 Å². The summed E-state index contributed by atoms with van der Waals surface area (Å²) in [7, 11) is 5.51. The van der Waals surface area contributed by atoms with E-state index in [1.807, 2.05) is 38.4 Å². The van der Waals surface area contributed by atoms with Gasteiger partial charge < -0.3 is 23.8 Å². The predicted octanol–water partition coefficient (Wildman–Crippen LogP) is 7.19. The van der Waals surface area contributed by atoms with Gasteiger partial charge in [0.15, 0.2) is 0 Å². The molecule has 0 radical (unpaired) electrons. The standard InChI is InChI=1S/C22H27N3O2.C17H24N2O2.C2H6/c1-17-14-19(15-25-10-12-26-13-11-25)20-4-3-7-23-21(20)22(17)27-16-18-5-8-24(2)9-6-18;1-5-19(9-10-20-3)12-14-11-13(2)17(21-4)16-15(14)7-6-8-18-16;1-2/h3-8,14H,9-13,15-16H2,1-2H3;6-8,11H,5,9-10,12H2,1-4H3;1-2H3. The van der Waals surface area contributed by atoms with Gasteiger partial charge in [0.25, 0.3) is 0 Å². The largest absolute Gasteiger partial charge is 0.494 e. The van der Waals surface area contributed by atoms with Crippen LogP contribution in [0.5, 0.6) is 11.5 Å². The number of morpholine rings is 1. The van der Waals surface area contributed by atoms with E-state index in [2.05, 4.69) is 95.1 Å². The van der Waals surface area contributed by atoms with E-state index in [9.17, 15) is 0 Å². The molecule has 4 aromatic rings. The SMILES string of the molecule is CC.CCN(CCOC)Cc1cc(C)c(OC)c2ncccc12.Cc1cc(CN2CCOCC2)c2cccnc2c1OCC1=CCN(C)C=C1. The normalized spacial score (nSPS) is 14.6. The summed E-state index contributed by atoms with van der Waals surface area (Å²) in [6.45, 7) is 19.9. The van der Waals surface area contributed by atoms with Crippen molar-refractivity contribution < 1.29 is 18.9 Å². The second-order valence-corrected chi connectivity index (χ2v) is 12.4. The number of hydrogen-bond acceptors (Lipinski definition) is 9. The summed E-state index contributed by atoms with van der Waals surface area (Å²) in [5.41, 5.74) is 7.96. The van der Waals surface area contributed by atoms with Crippen molar-refractivity contribution in [2.45, 2.75) is 47.7 Å². The highest BCUT2D eigenvalue weighted by Gasteiger charge is 2.17. The summed E-state index contributed by atoms with van der Waals surface area (Å²) in [6.07, 6.45) is 10.1. The summed E-state index contributed by atoms with van der Waals surface area (Å²) in [4.78, 5) is 16.1. The van der Waals surface area contributed by atoms with Crippen LogP contribution in [0.2, 0.25) is 0 Å². The molecule has 270 valence electrons. The Hall–Kier alpha value is -4.02. The fourth-order valence-electron chi connectivity index (χ4n) is 6.26. The number of rotatable bonds is 12. The molecule has 6 rings (SSSR count). The Balaban J connectivity index is 0.000000221. The maximum Gasteiger partial charge on any atom is 0.148 e. The Morgan fingerprint density at radius 1 is 0.900 bits per heavy atom. The minimum atomic E-state index is 0.569. The number of fused-ring (bicyclic) bond motifs is 2. The van der Waals surface area contributed by atoms with Crippen molar-refractivity contribution in [3.8, 4) is 11.5 Å². The van der Waals surface area contributed by atoms with Gasteiger partial charge in [-0.1, -0.05) is 51.1 Å². The van der Waals surface area contributed by atoms with Crippen LogP contribution >= 0.6 is 0 Å². The first kappa shape index (κ1) is 38.8. The van der Waals surface area contributed by atoms with Gasteiger partial charge in [0.05, 0.1) is 26.9 Å². The third kappa shape index (κ3) is 10.3. The number of hydrogen-bond donors (Lipinski definition) is 0. The number of aryl methyl sites for hydroxylation is 2. The van der Waals surface area contributed by atoms with Crippen molar-refractivity contribution in [1.29, 1.82) is 0 Å². The first-order chi connectivity index (χ1) is 24.4. The third-order valence-electron chi connectivity index (χ3n) is 8.96. The molecule has 1 saturated heterocycles. The lowest BCUT2D eigenvalue weighted by Crippen LogP contribution is -2.35. The lowest BCUT2D eigenvalue weighted by molar-refractivity contribution is 0.0343. The molecule has 9 heteroatoms. The highest BCUT2D eigenvalue weighted by atomic mass is 16.5. The van der Waals surface area contributed by atoms with Crippen molar-refractivity contribution in [2.24, 2.45) is 0 Å². The van der Waals surface area contributed by atoms with Crippen LogP contribution in [-0.4, -0.2) is 105 Å². The molecule has 2 aromatic carbocycles. The average molecular weight is 684 g/mol. The number of benzene rings is 2. The molecule has 2 aliphatic heterocycles. The number of methoxy groups -OCH3 is 2. The van der Waals surface area contributed by atoms with Crippen LogP contribution in [0.1, 0.15) is 43.0 Å². The second-order valence-electron chi connectivity index (χ2n) is 12.4. The molecular weight excluding hydrogens is 626 g/mol. The van der Waals surface area contributed by atoms with E-state index >= 15 is 0 Å². The first-order valence-electron chi connectivity index (χ1n) is 17.9. The highest BCUT2D eigenvalue weighted by molar-refractivity contribution is 5.89. The van der Waals surface area contributed by atoms with E-state index in [1.165, 1.54) is 22.1 Å². The summed E-state index contributed by atoms with van der Waals surface area (Å²) in [5, 5.41) is 2.34. The van der Waals surface area contributed by atoms with Crippen LogP contribution in [0.25, 0.3) is 21.8 Å². The van der Waals surface area contributed by atoms with Crippen molar-refractivity contribution >= 4 is 21.8 Å². The molecule has 50 heavy (non-hydrogen) atoms. The average Bonchev–Trinajstić information content (AvgIpc) is 3.15. The van der Waals surface area contributed by atoms with Crippen LogP contribution in [0.15, 0.2) is 72.7 Å². The molecule has 0 N–H and O–H groups in total. The van der Waals surface area contributed by atoms with E-state index in [0.29, 0.717) is 6.61 Å². The molecule has 0 saturated carbocycles. The zero-order valence-corrected chi connectivity index (χ0v) is 31.5. The Labute approximate surface area is 299 Å². The van der Waals surface area contributed by atoms with E-state index in [4.69, 9.17) is 18.9 Å². The lowest BCUT2D eigenvalue weighted by Gasteiger charge is -2.27. The summed E-state index contributed by atoms with van der Waals surface area (Å²) < 4.78 is 22.4. The molecule has 0 spiro atoms. The Morgan fingerprint density at radius 3 is 2.16 bits per heavy atom. The predicted molar refractivity (Wildman–Crippen MR) is 205 cm³/mol. The van der Waals surface area contributed by atoms with Gasteiger partial charge in [-0.2, -0.15) is 0 Å². The Morgan fingerprint density at radius 2 is 1.54 bits per heavy atom. The van der Waals surface area contributed by atoms with Crippen molar-refractivity contribution in [3.63, 3.8) is 0 Å². The quantitative estimate of drug-likeness (QED) is 0.154. The van der Waals surface area contributed by atoms with Crippen molar-refractivity contribution in [1.82, 2.24) is 24.7 Å². The zero-order chi connectivity index (χ0) is 35.9. The van der Waals surface area contributed by atoms with Gasteiger partial charge in [-0.15, -0.1) is 0 Å². The number of nitrogens with zero attached hydrogens (tertiary/aromatic N) is 5. The lowest BCUT2D eigenvalue weighted by atomic mass is 10.0. The molecule has 2 aliphatic rings. The molecule has 4 heterocycles. The smallest absolute Gasteiger partial charge is 0.148 e. The summed E-state index contributed by atoms with van der Waals surface area (Å²) in [6, 6.07) is 12.7. The molecule has 0 bridgehead atoms. The van der Waals surface area contributed by atoms with Crippen LogP contribution in [0, 0.1) is 13.8 Å². The molecule has 0 atom stereocenters. The van der Waals surface area contributed by atoms with Crippen molar-refractivity contribution in [2.75, 3.05) is 80.4 Å². The maximum absolute atomic E-state index is 6.24. The second kappa shape index (κ2) is 20.0. The fourth-order valence-corrected chi connectivity index (χ4v) is 6.26. The van der Waals surface area contributed by atoms with Gasteiger partial charge in [0.2, 0.25) is 0 Å².